The first-order valence-electron chi connectivity index (χ1n) is 6.00. The largest absolute Gasteiger partial charge is 0.453 e. The van der Waals surface area contributed by atoms with E-state index in [2.05, 4.69) is 17.0 Å². The van der Waals surface area contributed by atoms with Gasteiger partial charge in [-0.15, -0.1) is 0 Å². The molecule has 0 atom stereocenters. The number of aryl methyl sites for hydroxylation is 1. The van der Waals surface area contributed by atoms with Crippen LogP contribution >= 0.6 is 0 Å². The number of benzene rings is 1. The molecule has 0 fully saturated rings. The zero-order chi connectivity index (χ0) is 12.5. The standard InChI is InChI=1S/C14H20NO2/c1-3-4-5-6-9-12-10-7-8-11-13(12)15-14(16)17-2/h7-8,10-11H,1,3-6,9H2,2H3,(H,15,16). The van der Waals surface area contributed by atoms with Crippen molar-refractivity contribution in [2.75, 3.05) is 12.4 Å². The molecule has 0 aliphatic heterocycles. The van der Waals surface area contributed by atoms with Crippen LogP contribution in [0.2, 0.25) is 0 Å². The van der Waals surface area contributed by atoms with E-state index in [9.17, 15) is 4.79 Å². The van der Waals surface area contributed by atoms with Gasteiger partial charge in [0, 0.05) is 5.69 Å². The lowest BCUT2D eigenvalue weighted by atomic mass is 10.0. The number of carbonyl (C=O) groups is 1. The highest BCUT2D eigenvalue weighted by Gasteiger charge is 2.05. The fraction of sp³-hybridized carbons (Fsp3) is 0.429. The summed E-state index contributed by atoms with van der Waals surface area (Å²) in [6.07, 6.45) is 5.00. The zero-order valence-electron chi connectivity index (χ0n) is 10.4. The molecule has 0 spiro atoms. The quantitative estimate of drug-likeness (QED) is 0.760. The van der Waals surface area contributed by atoms with Crippen LogP contribution in [-0.4, -0.2) is 13.2 Å². The molecular weight excluding hydrogens is 214 g/mol. The third-order valence-corrected chi connectivity index (χ3v) is 2.64. The number of amides is 1. The average Bonchev–Trinajstić information content (AvgIpc) is 2.36. The lowest BCUT2D eigenvalue weighted by Gasteiger charge is -2.09. The molecule has 0 saturated carbocycles. The third kappa shape index (κ3) is 4.89. The number of hydrogen-bond acceptors (Lipinski definition) is 2. The van der Waals surface area contributed by atoms with Crippen molar-refractivity contribution in [2.45, 2.75) is 32.1 Å². The molecule has 17 heavy (non-hydrogen) atoms. The highest BCUT2D eigenvalue weighted by atomic mass is 16.5. The van der Waals surface area contributed by atoms with Crippen molar-refractivity contribution < 1.29 is 9.53 Å². The number of nitrogens with one attached hydrogen (secondary N) is 1. The molecule has 1 aromatic rings. The minimum atomic E-state index is -0.421. The van der Waals surface area contributed by atoms with Crippen LogP contribution in [0.4, 0.5) is 10.5 Å². The Morgan fingerprint density at radius 2 is 2.06 bits per heavy atom. The van der Waals surface area contributed by atoms with Gasteiger partial charge in [-0.3, -0.25) is 5.32 Å². The summed E-state index contributed by atoms with van der Waals surface area (Å²) in [6.45, 7) is 3.82. The fourth-order valence-corrected chi connectivity index (χ4v) is 1.69. The van der Waals surface area contributed by atoms with Crippen molar-refractivity contribution in [1.82, 2.24) is 0 Å². The van der Waals surface area contributed by atoms with Crippen molar-refractivity contribution in [1.29, 1.82) is 0 Å². The van der Waals surface area contributed by atoms with E-state index in [0.717, 1.165) is 36.9 Å². The molecule has 0 heterocycles. The molecule has 1 N–H and O–H groups in total. The van der Waals surface area contributed by atoms with Crippen molar-refractivity contribution in [3.8, 4) is 0 Å². The molecule has 0 bridgehead atoms. The van der Waals surface area contributed by atoms with Crippen molar-refractivity contribution in [2.24, 2.45) is 0 Å². The first kappa shape index (κ1) is 13.6. The van der Waals surface area contributed by atoms with Gasteiger partial charge in [0.15, 0.2) is 0 Å². The molecule has 0 aliphatic rings. The predicted molar refractivity (Wildman–Crippen MR) is 70.0 cm³/mol. The van der Waals surface area contributed by atoms with Crippen LogP contribution in [0.5, 0.6) is 0 Å². The van der Waals surface area contributed by atoms with E-state index in [1.807, 2.05) is 24.3 Å². The number of unbranched alkanes of at least 4 members (excludes halogenated alkanes) is 3. The number of rotatable bonds is 6. The first-order chi connectivity index (χ1) is 8.27. The van der Waals surface area contributed by atoms with Gasteiger partial charge in [-0.05, 0) is 24.5 Å². The summed E-state index contributed by atoms with van der Waals surface area (Å²) in [4.78, 5) is 11.2. The van der Waals surface area contributed by atoms with E-state index >= 15 is 0 Å². The smallest absolute Gasteiger partial charge is 0.411 e. The molecule has 3 nitrogen and oxygen atoms in total. The van der Waals surface area contributed by atoms with Gasteiger partial charge in [0.2, 0.25) is 0 Å². The monoisotopic (exact) mass is 234 g/mol. The number of anilines is 1. The van der Waals surface area contributed by atoms with Gasteiger partial charge in [-0.1, -0.05) is 44.4 Å². The maximum absolute atomic E-state index is 11.2. The van der Waals surface area contributed by atoms with Crippen LogP contribution in [0.25, 0.3) is 0 Å². The summed E-state index contributed by atoms with van der Waals surface area (Å²) in [5, 5.41) is 2.73. The number of carbonyl (C=O) groups excluding carboxylic acids is 1. The van der Waals surface area contributed by atoms with E-state index in [4.69, 9.17) is 0 Å². The molecular formula is C14H20NO2. The summed E-state index contributed by atoms with van der Waals surface area (Å²) < 4.78 is 4.59. The van der Waals surface area contributed by atoms with E-state index in [-0.39, 0.29) is 0 Å². The lowest BCUT2D eigenvalue weighted by molar-refractivity contribution is 0.187. The minimum Gasteiger partial charge on any atom is -0.453 e. The second-order valence-corrected chi connectivity index (χ2v) is 3.94. The van der Waals surface area contributed by atoms with Crippen LogP contribution in [0.15, 0.2) is 24.3 Å². The van der Waals surface area contributed by atoms with E-state index in [0.29, 0.717) is 0 Å². The van der Waals surface area contributed by atoms with Crippen LogP contribution in [-0.2, 0) is 11.2 Å². The topological polar surface area (TPSA) is 38.3 Å². The second kappa shape index (κ2) is 7.71. The van der Waals surface area contributed by atoms with Gasteiger partial charge in [0.1, 0.15) is 0 Å². The maximum atomic E-state index is 11.2. The normalized spacial score (nSPS) is 10.0. The summed E-state index contributed by atoms with van der Waals surface area (Å²) in [5.41, 5.74) is 2.00. The van der Waals surface area contributed by atoms with Crippen LogP contribution in [0, 0.1) is 6.92 Å². The van der Waals surface area contributed by atoms with E-state index in [1.54, 1.807) is 0 Å². The number of methoxy groups -OCH3 is 1. The number of hydrogen-bond donors (Lipinski definition) is 1. The van der Waals surface area contributed by atoms with E-state index in [1.165, 1.54) is 13.5 Å². The van der Waals surface area contributed by atoms with Gasteiger partial charge in [0.05, 0.1) is 7.11 Å². The van der Waals surface area contributed by atoms with Crippen molar-refractivity contribution >= 4 is 11.8 Å². The molecule has 0 aliphatic carbocycles. The van der Waals surface area contributed by atoms with Gasteiger partial charge in [0.25, 0.3) is 0 Å². The number of para-hydroxylation sites is 1. The number of ether oxygens (including phenoxy) is 1. The molecule has 0 saturated heterocycles. The van der Waals surface area contributed by atoms with Crippen molar-refractivity contribution in [3.63, 3.8) is 0 Å². The summed E-state index contributed by atoms with van der Waals surface area (Å²) in [5.74, 6) is 0. The van der Waals surface area contributed by atoms with Crippen LogP contribution in [0.1, 0.15) is 31.2 Å². The molecule has 0 unspecified atom stereocenters. The van der Waals surface area contributed by atoms with Crippen LogP contribution < -0.4 is 5.32 Å². The summed E-state index contributed by atoms with van der Waals surface area (Å²) in [6, 6.07) is 7.83. The Kier molecular flexibility index (Phi) is 6.15. The van der Waals surface area contributed by atoms with Gasteiger partial charge in [-0.2, -0.15) is 0 Å². The fourth-order valence-electron chi connectivity index (χ4n) is 1.69. The Hall–Kier alpha value is -1.51. The Bertz CT molecular complexity index is 350. The van der Waals surface area contributed by atoms with Gasteiger partial charge >= 0.3 is 6.09 Å². The maximum Gasteiger partial charge on any atom is 0.411 e. The lowest BCUT2D eigenvalue weighted by Crippen LogP contribution is -2.12. The molecule has 0 aromatic heterocycles. The molecule has 3 heteroatoms. The van der Waals surface area contributed by atoms with Crippen LogP contribution in [0.3, 0.4) is 0 Å². The Labute approximate surface area is 103 Å². The van der Waals surface area contributed by atoms with Gasteiger partial charge in [-0.25, -0.2) is 4.79 Å². The van der Waals surface area contributed by atoms with E-state index < -0.39 is 6.09 Å². The summed E-state index contributed by atoms with van der Waals surface area (Å²) in [7, 11) is 1.37. The second-order valence-electron chi connectivity index (χ2n) is 3.94. The third-order valence-electron chi connectivity index (χ3n) is 2.64. The summed E-state index contributed by atoms with van der Waals surface area (Å²) >= 11 is 0. The minimum absolute atomic E-state index is 0.421. The molecule has 1 radical (unpaired) electrons. The Balaban J connectivity index is 2.54. The average molecular weight is 234 g/mol. The first-order valence-corrected chi connectivity index (χ1v) is 6.00. The SMILES string of the molecule is [CH2]CCCCCc1ccccc1NC(=O)OC. The molecule has 1 aromatic carbocycles. The predicted octanol–water partition coefficient (Wildman–Crippen LogP) is 3.80. The molecule has 1 rings (SSSR count). The highest BCUT2D eigenvalue weighted by molar-refractivity contribution is 5.85. The van der Waals surface area contributed by atoms with Crippen molar-refractivity contribution in [3.05, 3.63) is 36.8 Å². The Morgan fingerprint density at radius 3 is 2.76 bits per heavy atom. The molecule has 93 valence electrons. The van der Waals surface area contributed by atoms with Gasteiger partial charge < -0.3 is 4.74 Å². The zero-order valence-corrected chi connectivity index (χ0v) is 10.4. The highest BCUT2D eigenvalue weighted by Crippen LogP contribution is 2.18. The Morgan fingerprint density at radius 1 is 1.29 bits per heavy atom. The molecule has 1 amide bonds.